The third kappa shape index (κ3) is 2.26. The molecule has 1 aliphatic rings. The van der Waals surface area contributed by atoms with Crippen LogP contribution in [0.4, 0.5) is 5.69 Å². The van der Waals surface area contributed by atoms with Crippen molar-refractivity contribution in [2.45, 2.75) is 13.0 Å². The zero-order valence-corrected chi connectivity index (χ0v) is 9.40. The summed E-state index contributed by atoms with van der Waals surface area (Å²) in [5, 5.41) is 16.7. The van der Waals surface area contributed by atoms with E-state index < -0.39 is 4.92 Å². The molecule has 2 N–H and O–H groups in total. The van der Waals surface area contributed by atoms with E-state index >= 15 is 0 Å². The summed E-state index contributed by atoms with van der Waals surface area (Å²) in [6.07, 6.45) is 0. The van der Waals surface area contributed by atoms with E-state index in [0.29, 0.717) is 18.7 Å². The molecule has 6 heteroatoms. The van der Waals surface area contributed by atoms with Gasteiger partial charge < -0.3 is 10.6 Å². The van der Waals surface area contributed by atoms with Gasteiger partial charge in [-0.1, -0.05) is 12.1 Å². The standard InChI is InChI=1S/C11H13N3O3/c1-7-3-2-4-9(10(7)14(16)17)11(15)13-8-5-12-6-8/h2-4,8,12H,5-6H2,1H3,(H,13,15). The van der Waals surface area contributed by atoms with Crippen molar-refractivity contribution in [2.24, 2.45) is 0 Å². The van der Waals surface area contributed by atoms with Gasteiger partial charge in [-0.15, -0.1) is 0 Å². The van der Waals surface area contributed by atoms with Crippen molar-refractivity contribution >= 4 is 11.6 Å². The van der Waals surface area contributed by atoms with Crippen LogP contribution in [0.25, 0.3) is 0 Å². The van der Waals surface area contributed by atoms with Crippen LogP contribution in [0.5, 0.6) is 0 Å². The van der Waals surface area contributed by atoms with Crippen molar-refractivity contribution in [1.82, 2.24) is 10.6 Å². The average molecular weight is 235 g/mol. The summed E-state index contributed by atoms with van der Waals surface area (Å²) >= 11 is 0. The quantitative estimate of drug-likeness (QED) is 0.593. The number of aryl methyl sites for hydroxylation is 1. The molecule has 1 aromatic rings. The van der Waals surface area contributed by atoms with E-state index in [4.69, 9.17) is 0 Å². The second-order valence-electron chi connectivity index (χ2n) is 4.06. The minimum Gasteiger partial charge on any atom is -0.347 e. The number of hydrogen-bond donors (Lipinski definition) is 2. The Morgan fingerprint density at radius 3 is 2.76 bits per heavy atom. The minimum absolute atomic E-state index is 0.0719. The van der Waals surface area contributed by atoms with Gasteiger partial charge in [-0.3, -0.25) is 14.9 Å². The molecule has 0 atom stereocenters. The van der Waals surface area contributed by atoms with Crippen molar-refractivity contribution in [3.05, 3.63) is 39.4 Å². The van der Waals surface area contributed by atoms with Crippen molar-refractivity contribution in [3.8, 4) is 0 Å². The number of nitrogens with zero attached hydrogens (tertiary/aromatic N) is 1. The van der Waals surface area contributed by atoms with E-state index in [-0.39, 0.29) is 23.2 Å². The molecule has 0 bridgehead atoms. The fourth-order valence-corrected chi connectivity index (χ4v) is 1.74. The number of carbonyl (C=O) groups excluding carboxylic acids is 1. The smallest absolute Gasteiger partial charge is 0.285 e. The highest BCUT2D eigenvalue weighted by Crippen LogP contribution is 2.22. The molecular weight excluding hydrogens is 222 g/mol. The summed E-state index contributed by atoms with van der Waals surface area (Å²) in [4.78, 5) is 22.3. The van der Waals surface area contributed by atoms with E-state index in [9.17, 15) is 14.9 Å². The molecule has 1 fully saturated rings. The summed E-state index contributed by atoms with van der Waals surface area (Å²) < 4.78 is 0. The van der Waals surface area contributed by atoms with Gasteiger partial charge in [0.1, 0.15) is 5.56 Å². The lowest BCUT2D eigenvalue weighted by Crippen LogP contribution is -2.57. The average Bonchev–Trinajstić information content (AvgIpc) is 2.22. The zero-order valence-electron chi connectivity index (χ0n) is 9.40. The Balaban J connectivity index is 2.27. The number of nitro groups is 1. The molecule has 2 rings (SSSR count). The first kappa shape index (κ1) is 11.5. The van der Waals surface area contributed by atoms with Crippen molar-refractivity contribution < 1.29 is 9.72 Å². The molecule has 0 spiro atoms. The number of carbonyl (C=O) groups is 1. The topological polar surface area (TPSA) is 84.3 Å². The Hall–Kier alpha value is -1.95. The molecule has 0 saturated carbocycles. The molecule has 1 amide bonds. The summed E-state index contributed by atoms with van der Waals surface area (Å²) in [6.45, 7) is 3.05. The van der Waals surface area contributed by atoms with E-state index in [1.165, 1.54) is 6.07 Å². The highest BCUT2D eigenvalue weighted by atomic mass is 16.6. The number of nitro benzene ring substituents is 1. The van der Waals surface area contributed by atoms with Crippen LogP contribution < -0.4 is 10.6 Å². The molecule has 1 saturated heterocycles. The van der Waals surface area contributed by atoms with Gasteiger partial charge in [0, 0.05) is 18.7 Å². The number of hydrogen-bond acceptors (Lipinski definition) is 4. The van der Waals surface area contributed by atoms with Gasteiger partial charge in [-0.25, -0.2) is 0 Å². The number of para-hydroxylation sites is 1. The third-order valence-corrected chi connectivity index (χ3v) is 2.78. The number of nitrogens with one attached hydrogen (secondary N) is 2. The fraction of sp³-hybridized carbons (Fsp3) is 0.364. The van der Waals surface area contributed by atoms with Gasteiger partial charge in [0.25, 0.3) is 11.6 Å². The van der Waals surface area contributed by atoms with E-state index in [1.54, 1.807) is 19.1 Å². The first-order chi connectivity index (χ1) is 8.09. The summed E-state index contributed by atoms with van der Waals surface area (Å²) in [5.41, 5.74) is 0.508. The van der Waals surface area contributed by atoms with Crippen LogP contribution >= 0.6 is 0 Å². The maximum Gasteiger partial charge on any atom is 0.285 e. The number of rotatable bonds is 3. The molecule has 0 aliphatic carbocycles. The van der Waals surface area contributed by atoms with Crippen LogP contribution in [0.15, 0.2) is 18.2 Å². The van der Waals surface area contributed by atoms with Crippen LogP contribution in [0.1, 0.15) is 15.9 Å². The van der Waals surface area contributed by atoms with Crippen LogP contribution in [0.3, 0.4) is 0 Å². The lowest BCUT2D eigenvalue weighted by Gasteiger charge is -2.27. The van der Waals surface area contributed by atoms with E-state index in [2.05, 4.69) is 10.6 Å². The maximum absolute atomic E-state index is 11.9. The molecule has 0 unspecified atom stereocenters. The van der Waals surface area contributed by atoms with Gasteiger partial charge in [0.2, 0.25) is 0 Å². The summed E-state index contributed by atoms with van der Waals surface area (Å²) in [7, 11) is 0. The number of amides is 1. The summed E-state index contributed by atoms with van der Waals surface area (Å²) in [6, 6.07) is 4.82. The van der Waals surface area contributed by atoms with Crippen LogP contribution in [0, 0.1) is 17.0 Å². The van der Waals surface area contributed by atoms with Gasteiger partial charge in [0.05, 0.1) is 11.0 Å². The minimum atomic E-state index is -0.511. The highest BCUT2D eigenvalue weighted by molar-refractivity contribution is 5.98. The van der Waals surface area contributed by atoms with E-state index in [1.807, 2.05) is 0 Å². The monoisotopic (exact) mass is 235 g/mol. The molecule has 0 aromatic heterocycles. The van der Waals surface area contributed by atoms with Crippen molar-refractivity contribution in [2.75, 3.05) is 13.1 Å². The maximum atomic E-state index is 11.9. The third-order valence-electron chi connectivity index (χ3n) is 2.78. The predicted octanol–water partition coefficient (Wildman–Crippen LogP) is 0.605. The Morgan fingerprint density at radius 1 is 1.53 bits per heavy atom. The SMILES string of the molecule is Cc1cccc(C(=O)NC2CNC2)c1[N+](=O)[O-]. The molecule has 90 valence electrons. The van der Waals surface area contributed by atoms with Crippen LogP contribution in [0.2, 0.25) is 0 Å². The molecule has 1 aliphatic heterocycles. The second-order valence-corrected chi connectivity index (χ2v) is 4.06. The lowest BCUT2D eigenvalue weighted by atomic mass is 10.1. The van der Waals surface area contributed by atoms with Crippen LogP contribution in [-0.4, -0.2) is 30.0 Å². The van der Waals surface area contributed by atoms with Crippen molar-refractivity contribution in [1.29, 1.82) is 0 Å². The Bertz CT molecular complexity index is 469. The Morgan fingerprint density at radius 2 is 2.24 bits per heavy atom. The Kier molecular flexibility index (Phi) is 3.06. The summed E-state index contributed by atoms with van der Waals surface area (Å²) in [5.74, 6) is -0.382. The molecule has 6 nitrogen and oxygen atoms in total. The largest absolute Gasteiger partial charge is 0.347 e. The molecule has 17 heavy (non-hydrogen) atoms. The van der Waals surface area contributed by atoms with Gasteiger partial charge in [-0.05, 0) is 13.0 Å². The normalized spacial score (nSPS) is 15.1. The van der Waals surface area contributed by atoms with Crippen molar-refractivity contribution in [3.63, 3.8) is 0 Å². The second kappa shape index (κ2) is 4.50. The highest BCUT2D eigenvalue weighted by Gasteiger charge is 2.25. The molecular formula is C11H13N3O3. The number of benzene rings is 1. The Labute approximate surface area is 98.2 Å². The molecule has 1 heterocycles. The first-order valence-corrected chi connectivity index (χ1v) is 5.35. The predicted molar refractivity (Wildman–Crippen MR) is 62.0 cm³/mol. The lowest BCUT2D eigenvalue weighted by molar-refractivity contribution is -0.385. The van der Waals surface area contributed by atoms with Gasteiger partial charge >= 0.3 is 0 Å². The zero-order chi connectivity index (χ0) is 12.4. The van der Waals surface area contributed by atoms with Crippen LogP contribution in [-0.2, 0) is 0 Å². The van der Waals surface area contributed by atoms with Gasteiger partial charge in [0.15, 0.2) is 0 Å². The van der Waals surface area contributed by atoms with E-state index in [0.717, 1.165) is 0 Å². The molecule has 1 aromatic carbocycles. The van der Waals surface area contributed by atoms with Gasteiger partial charge in [-0.2, -0.15) is 0 Å². The first-order valence-electron chi connectivity index (χ1n) is 5.35. The molecule has 0 radical (unpaired) electrons. The fourth-order valence-electron chi connectivity index (χ4n) is 1.74.